The van der Waals surface area contributed by atoms with Crippen molar-refractivity contribution in [3.63, 3.8) is 0 Å². The van der Waals surface area contributed by atoms with Gasteiger partial charge in [-0.15, -0.1) is 0 Å². The lowest BCUT2D eigenvalue weighted by Gasteiger charge is -2.14. The minimum absolute atomic E-state index is 0.291. The van der Waals surface area contributed by atoms with Crippen molar-refractivity contribution in [2.45, 2.75) is 26.3 Å². The van der Waals surface area contributed by atoms with Crippen LogP contribution in [0.25, 0.3) is 0 Å². The molecule has 2 rings (SSSR count). The number of halogens is 1. The molecule has 0 saturated heterocycles. The van der Waals surface area contributed by atoms with Crippen LogP contribution >= 0.6 is 15.9 Å². The molecule has 0 aliphatic rings. The zero-order valence-electron chi connectivity index (χ0n) is 11.8. The van der Waals surface area contributed by atoms with Gasteiger partial charge in [0, 0.05) is 18.3 Å². The van der Waals surface area contributed by atoms with E-state index in [1.807, 2.05) is 36.4 Å². The van der Waals surface area contributed by atoms with Crippen LogP contribution in [0, 0.1) is 0 Å². The number of aromatic nitrogens is 1. The maximum atomic E-state index is 5.82. The SMILES string of the molecule is CCCNC(C)c1ccnc(Oc2ccccc2Br)c1. The highest BCUT2D eigenvalue weighted by atomic mass is 79.9. The van der Waals surface area contributed by atoms with Crippen molar-refractivity contribution in [1.82, 2.24) is 10.3 Å². The van der Waals surface area contributed by atoms with Gasteiger partial charge in [0.15, 0.2) is 0 Å². The van der Waals surface area contributed by atoms with Gasteiger partial charge in [-0.05, 0) is 59.6 Å². The molecule has 1 aromatic heterocycles. The molecular weight excluding hydrogens is 316 g/mol. The van der Waals surface area contributed by atoms with Crippen molar-refractivity contribution in [2.75, 3.05) is 6.54 Å². The Labute approximate surface area is 128 Å². The maximum absolute atomic E-state index is 5.82. The zero-order chi connectivity index (χ0) is 14.4. The summed E-state index contributed by atoms with van der Waals surface area (Å²) in [7, 11) is 0. The van der Waals surface area contributed by atoms with E-state index in [2.05, 4.69) is 40.1 Å². The quantitative estimate of drug-likeness (QED) is 0.831. The molecule has 0 radical (unpaired) electrons. The average molecular weight is 335 g/mol. The van der Waals surface area contributed by atoms with Gasteiger partial charge in [-0.3, -0.25) is 0 Å². The number of ether oxygens (including phenoxy) is 1. The Kier molecular flexibility index (Phi) is 5.56. The largest absolute Gasteiger partial charge is 0.438 e. The van der Waals surface area contributed by atoms with Crippen LogP contribution in [0.2, 0.25) is 0 Å². The number of hydrogen-bond acceptors (Lipinski definition) is 3. The van der Waals surface area contributed by atoms with Crippen LogP contribution in [0.1, 0.15) is 31.9 Å². The Morgan fingerprint density at radius 2 is 2.10 bits per heavy atom. The van der Waals surface area contributed by atoms with Crippen molar-refractivity contribution in [1.29, 1.82) is 0 Å². The molecule has 1 aromatic carbocycles. The van der Waals surface area contributed by atoms with Crippen molar-refractivity contribution in [3.8, 4) is 11.6 Å². The third-order valence-electron chi connectivity index (χ3n) is 3.01. The molecule has 0 saturated carbocycles. The van der Waals surface area contributed by atoms with E-state index in [4.69, 9.17) is 4.74 Å². The minimum atomic E-state index is 0.291. The normalized spacial score (nSPS) is 12.2. The van der Waals surface area contributed by atoms with Crippen molar-refractivity contribution < 1.29 is 4.74 Å². The molecule has 0 bridgehead atoms. The van der Waals surface area contributed by atoms with Crippen molar-refractivity contribution in [2.24, 2.45) is 0 Å². The Bertz CT molecular complexity index is 560. The van der Waals surface area contributed by atoms with E-state index in [1.54, 1.807) is 6.20 Å². The Morgan fingerprint density at radius 3 is 2.85 bits per heavy atom. The number of rotatable bonds is 6. The molecule has 1 unspecified atom stereocenters. The van der Waals surface area contributed by atoms with Gasteiger partial charge >= 0.3 is 0 Å². The van der Waals surface area contributed by atoms with Gasteiger partial charge in [0.2, 0.25) is 5.88 Å². The smallest absolute Gasteiger partial charge is 0.219 e. The number of para-hydroxylation sites is 1. The van der Waals surface area contributed by atoms with E-state index < -0.39 is 0 Å². The number of nitrogens with one attached hydrogen (secondary N) is 1. The topological polar surface area (TPSA) is 34.2 Å². The lowest BCUT2D eigenvalue weighted by molar-refractivity contribution is 0.457. The average Bonchev–Trinajstić information content (AvgIpc) is 2.47. The summed E-state index contributed by atoms with van der Waals surface area (Å²) in [6, 6.07) is 12.0. The molecule has 2 aromatic rings. The van der Waals surface area contributed by atoms with Crippen molar-refractivity contribution >= 4 is 15.9 Å². The van der Waals surface area contributed by atoms with Gasteiger partial charge < -0.3 is 10.1 Å². The van der Waals surface area contributed by atoms with Gasteiger partial charge in [0.1, 0.15) is 5.75 Å². The Morgan fingerprint density at radius 1 is 1.30 bits per heavy atom. The number of nitrogens with zero attached hydrogens (tertiary/aromatic N) is 1. The van der Waals surface area contributed by atoms with Gasteiger partial charge in [0.05, 0.1) is 4.47 Å². The molecular formula is C16H19BrN2O. The molecule has 106 valence electrons. The summed E-state index contributed by atoms with van der Waals surface area (Å²) in [6.45, 7) is 5.31. The van der Waals surface area contributed by atoms with Gasteiger partial charge in [0.25, 0.3) is 0 Å². The molecule has 4 heteroatoms. The highest BCUT2D eigenvalue weighted by Crippen LogP contribution is 2.29. The van der Waals surface area contributed by atoms with E-state index in [0.717, 1.165) is 23.2 Å². The van der Waals surface area contributed by atoms with Crippen LogP contribution in [0.4, 0.5) is 0 Å². The maximum Gasteiger partial charge on any atom is 0.219 e. The van der Waals surface area contributed by atoms with E-state index in [0.29, 0.717) is 11.9 Å². The van der Waals surface area contributed by atoms with Crippen LogP contribution in [-0.2, 0) is 0 Å². The summed E-state index contributed by atoms with van der Waals surface area (Å²) in [5.74, 6) is 1.38. The van der Waals surface area contributed by atoms with Crippen LogP contribution in [-0.4, -0.2) is 11.5 Å². The van der Waals surface area contributed by atoms with Crippen LogP contribution in [0.15, 0.2) is 47.1 Å². The summed E-state index contributed by atoms with van der Waals surface area (Å²) in [5.41, 5.74) is 1.18. The molecule has 3 nitrogen and oxygen atoms in total. The number of hydrogen-bond donors (Lipinski definition) is 1. The summed E-state index contributed by atoms with van der Waals surface area (Å²) in [6.07, 6.45) is 2.90. The number of benzene rings is 1. The first-order valence-corrected chi connectivity index (χ1v) is 7.61. The highest BCUT2D eigenvalue weighted by molar-refractivity contribution is 9.10. The Hall–Kier alpha value is -1.39. The van der Waals surface area contributed by atoms with Gasteiger partial charge in [-0.2, -0.15) is 0 Å². The van der Waals surface area contributed by atoms with Crippen LogP contribution in [0.5, 0.6) is 11.6 Å². The number of pyridine rings is 1. The predicted molar refractivity (Wildman–Crippen MR) is 85.2 cm³/mol. The van der Waals surface area contributed by atoms with Crippen LogP contribution < -0.4 is 10.1 Å². The van der Waals surface area contributed by atoms with E-state index in [-0.39, 0.29) is 0 Å². The lowest BCUT2D eigenvalue weighted by atomic mass is 10.1. The molecule has 1 atom stereocenters. The minimum Gasteiger partial charge on any atom is -0.438 e. The Balaban J connectivity index is 2.12. The van der Waals surface area contributed by atoms with E-state index in [9.17, 15) is 0 Å². The first-order chi connectivity index (χ1) is 9.70. The standard InChI is InChI=1S/C16H19BrN2O/c1-3-9-18-12(2)13-8-10-19-16(11-13)20-15-7-5-4-6-14(15)17/h4-8,10-12,18H,3,9H2,1-2H3. The molecule has 0 aliphatic carbocycles. The van der Waals surface area contributed by atoms with E-state index in [1.165, 1.54) is 5.56 Å². The van der Waals surface area contributed by atoms with E-state index >= 15 is 0 Å². The molecule has 1 N–H and O–H groups in total. The summed E-state index contributed by atoms with van der Waals surface area (Å²) in [4.78, 5) is 4.27. The molecule has 0 spiro atoms. The summed E-state index contributed by atoms with van der Waals surface area (Å²) in [5, 5.41) is 3.46. The fourth-order valence-electron chi connectivity index (χ4n) is 1.87. The monoisotopic (exact) mass is 334 g/mol. The second kappa shape index (κ2) is 7.41. The van der Waals surface area contributed by atoms with Crippen molar-refractivity contribution in [3.05, 3.63) is 52.6 Å². The molecule has 0 aliphatic heterocycles. The third-order valence-corrected chi connectivity index (χ3v) is 3.67. The molecule has 0 amide bonds. The lowest BCUT2D eigenvalue weighted by Crippen LogP contribution is -2.19. The predicted octanol–water partition coefficient (Wildman–Crippen LogP) is 4.70. The first-order valence-electron chi connectivity index (χ1n) is 6.82. The molecule has 20 heavy (non-hydrogen) atoms. The second-order valence-corrected chi connectivity index (χ2v) is 5.49. The van der Waals surface area contributed by atoms with Gasteiger partial charge in [-0.1, -0.05) is 19.1 Å². The van der Waals surface area contributed by atoms with Crippen LogP contribution in [0.3, 0.4) is 0 Å². The highest BCUT2D eigenvalue weighted by Gasteiger charge is 2.08. The zero-order valence-corrected chi connectivity index (χ0v) is 13.4. The first kappa shape index (κ1) is 15.0. The second-order valence-electron chi connectivity index (χ2n) is 4.64. The fourth-order valence-corrected chi connectivity index (χ4v) is 2.23. The van der Waals surface area contributed by atoms with Gasteiger partial charge in [-0.25, -0.2) is 4.98 Å². The molecule has 0 fully saturated rings. The molecule has 1 heterocycles. The summed E-state index contributed by atoms with van der Waals surface area (Å²) >= 11 is 3.47. The third kappa shape index (κ3) is 4.05. The summed E-state index contributed by atoms with van der Waals surface area (Å²) < 4.78 is 6.74. The fraction of sp³-hybridized carbons (Fsp3) is 0.312.